The Hall–Kier alpha value is -1.39. The molecule has 0 unspecified atom stereocenters. The number of anilines is 1. The van der Waals surface area contributed by atoms with E-state index in [0.29, 0.717) is 0 Å². The molecule has 0 saturated carbocycles. The summed E-state index contributed by atoms with van der Waals surface area (Å²) in [4.78, 5) is 6.70. The normalized spacial score (nSPS) is 10.5. The molecule has 0 aliphatic carbocycles. The minimum absolute atomic E-state index is 0.0147. The maximum atomic E-state index is 9.18. The third-order valence-corrected chi connectivity index (χ3v) is 3.82. The molecule has 2 aromatic heterocycles. The highest BCUT2D eigenvalue weighted by molar-refractivity contribution is 7.12. The van der Waals surface area contributed by atoms with Gasteiger partial charge in [-0.1, -0.05) is 6.92 Å². The first kappa shape index (κ1) is 12.1. The molecular weight excluding hydrogens is 232 g/mol. The molecule has 2 aromatic rings. The van der Waals surface area contributed by atoms with E-state index in [9.17, 15) is 5.11 Å². The van der Waals surface area contributed by atoms with Crippen LogP contribution >= 0.6 is 11.3 Å². The van der Waals surface area contributed by atoms with Crippen molar-refractivity contribution >= 4 is 17.0 Å². The van der Waals surface area contributed by atoms with Crippen LogP contribution in [-0.2, 0) is 19.6 Å². The molecule has 0 radical (unpaired) electrons. The van der Waals surface area contributed by atoms with Gasteiger partial charge in [0.2, 0.25) is 0 Å². The molecule has 4 heteroatoms. The summed E-state index contributed by atoms with van der Waals surface area (Å²) in [6.45, 7) is 2.97. The number of aryl methyl sites for hydroxylation is 1. The summed E-state index contributed by atoms with van der Waals surface area (Å²) in [6.07, 6.45) is 4.50. The fourth-order valence-electron chi connectivity index (χ4n) is 1.62. The number of nitrogens with one attached hydrogen (secondary N) is 1. The summed E-state index contributed by atoms with van der Waals surface area (Å²) in [5, 5.41) is 12.5. The van der Waals surface area contributed by atoms with Crippen LogP contribution < -0.4 is 5.32 Å². The van der Waals surface area contributed by atoms with E-state index >= 15 is 0 Å². The molecule has 0 amide bonds. The average molecular weight is 248 g/mol. The van der Waals surface area contributed by atoms with Crippen LogP contribution in [0.15, 0.2) is 30.6 Å². The smallest absolute Gasteiger partial charge is 0.0717 e. The number of aromatic nitrogens is 1. The van der Waals surface area contributed by atoms with Crippen LogP contribution in [0.1, 0.15) is 22.2 Å². The molecule has 0 saturated heterocycles. The Bertz CT molecular complexity index is 482. The first-order chi connectivity index (χ1) is 8.33. The molecule has 0 aromatic carbocycles. The van der Waals surface area contributed by atoms with E-state index < -0.39 is 0 Å². The number of aliphatic hydroxyl groups excluding tert-OH is 1. The summed E-state index contributed by atoms with van der Waals surface area (Å²) in [5.41, 5.74) is 1.79. The van der Waals surface area contributed by atoms with Crippen molar-refractivity contribution in [2.24, 2.45) is 0 Å². The van der Waals surface area contributed by atoms with Gasteiger partial charge in [0.15, 0.2) is 0 Å². The predicted octanol–water partition coefficient (Wildman–Crippen LogP) is 2.81. The van der Waals surface area contributed by atoms with E-state index in [1.54, 1.807) is 12.4 Å². The van der Waals surface area contributed by atoms with Crippen molar-refractivity contribution in [1.82, 2.24) is 4.98 Å². The molecule has 2 heterocycles. The quantitative estimate of drug-likeness (QED) is 0.855. The fourth-order valence-corrected chi connectivity index (χ4v) is 2.51. The Kier molecular flexibility index (Phi) is 4.12. The lowest BCUT2D eigenvalue weighted by atomic mass is 10.2. The van der Waals surface area contributed by atoms with E-state index in [0.717, 1.165) is 24.2 Å². The average Bonchev–Trinajstić information content (AvgIpc) is 2.84. The number of thiophene rings is 1. The SMILES string of the molecule is CCc1ccc(CNc2ccncc2CO)s1. The van der Waals surface area contributed by atoms with Gasteiger partial charge >= 0.3 is 0 Å². The van der Waals surface area contributed by atoms with Crippen LogP contribution in [-0.4, -0.2) is 10.1 Å². The summed E-state index contributed by atoms with van der Waals surface area (Å²) in [7, 11) is 0. The van der Waals surface area contributed by atoms with Gasteiger partial charge in [-0.3, -0.25) is 4.98 Å². The number of aliphatic hydroxyl groups is 1. The first-order valence-electron chi connectivity index (χ1n) is 5.68. The number of hydrogen-bond donors (Lipinski definition) is 2. The van der Waals surface area contributed by atoms with Crippen molar-refractivity contribution in [2.45, 2.75) is 26.5 Å². The molecule has 0 spiro atoms. The second-order valence-corrected chi connectivity index (χ2v) is 5.02. The van der Waals surface area contributed by atoms with E-state index in [1.807, 2.05) is 17.4 Å². The summed E-state index contributed by atoms with van der Waals surface area (Å²) in [5.74, 6) is 0. The van der Waals surface area contributed by atoms with Gasteiger partial charge in [-0.2, -0.15) is 0 Å². The Balaban J connectivity index is 2.01. The molecule has 2 rings (SSSR count). The van der Waals surface area contributed by atoms with Gasteiger partial charge in [-0.05, 0) is 24.6 Å². The van der Waals surface area contributed by atoms with E-state index in [4.69, 9.17) is 0 Å². The van der Waals surface area contributed by atoms with Crippen molar-refractivity contribution in [1.29, 1.82) is 0 Å². The summed E-state index contributed by atoms with van der Waals surface area (Å²) in [6, 6.07) is 6.21. The predicted molar refractivity (Wildman–Crippen MR) is 71.2 cm³/mol. The zero-order valence-corrected chi connectivity index (χ0v) is 10.6. The maximum absolute atomic E-state index is 9.18. The second kappa shape index (κ2) is 5.80. The first-order valence-corrected chi connectivity index (χ1v) is 6.50. The van der Waals surface area contributed by atoms with Crippen molar-refractivity contribution < 1.29 is 5.11 Å². The molecule has 90 valence electrons. The zero-order chi connectivity index (χ0) is 12.1. The van der Waals surface area contributed by atoms with E-state index in [-0.39, 0.29) is 6.61 Å². The van der Waals surface area contributed by atoms with Gasteiger partial charge < -0.3 is 10.4 Å². The molecule has 17 heavy (non-hydrogen) atoms. The highest BCUT2D eigenvalue weighted by atomic mass is 32.1. The lowest BCUT2D eigenvalue weighted by Crippen LogP contribution is -2.01. The van der Waals surface area contributed by atoms with Crippen molar-refractivity contribution in [3.05, 3.63) is 45.9 Å². The topological polar surface area (TPSA) is 45.2 Å². The Morgan fingerprint density at radius 1 is 1.29 bits per heavy atom. The summed E-state index contributed by atoms with van der Waals surface area (Å²) >= 11 is 1.82. The van der Waals surface area contributed by atoms with Crippen molar-refractivity contribution in [3.63, 3.8) is 0 Å². The van der Waals surface area contributed by atoms with Gasteiger partial charge in [0.25, 0.3) is 0 Å². The third kappa shape index (κ3) is 3.05. The minimum atomic E-state index is 0.0147. The molecule has 0 fully saturated rings. The Morgan fingerprint density at radius 2 is 2.12 bits per heavy atom. The summed E-state index contributed by atoms with van der Waals surface area (Å²) < 4.78 is 0. The fraction of sp³-hybridized carbons (Fsp3) is 0.308. The number of pyridine rings is 1. The maximum Gasteiger partial charge on any atom is 0.0717 e. The lowest BCUT2D eigenvalue weighted by Gasteiger charge is -2.08. The van der Waals surface area contributed by atoms with Gasteiger partial charge in [0.1, 0.15) is 0 Å². The molecule has 3 nitrogen and oxygen atoms in total. The second-order valence-electron chi connectivity index (χ2n) is 3.77. The molecule has 0 bridgehead atoms. The van der Waals surface area contributed by atoms with E-state index in [1.165, 1.54) is 9.75 Å². The van der Waals surface area contributed by atoms with Gasteiger partial charge in [0.05, 0.1) is 6.61 Å². The largest absolute Gasteiger partial charge is 0.392 e. The van der Waals surface area contributed by atoms with Crippen molar-refractivity contribution in [2.75, 3.05) is 5.32 Å². The van der Waals surface area contributed by atoms with Crippen LogP contribution in [0.25, 0.3) is 0 Å². The Morgan fingerprint density at radius 3 is 2.82 bits per heavy atom. The highest BCUT2D eigenvalue weighted by Crippen LogP contribution is 2.20. The molecule has 2 N–H and O–H groups in total. The Labute approximate surface area is 105 Å². The van der Waals surface area contributed by atoms with Crippen LogP contribution in [0, 0.1) is 0 Å². The molecule has 0 aliphatic rings. The highest BCUT2D eigenvalue weighted by Gasteiger charge is 2.02. The minimum Gasteiger partial charge on any atom is -0.392 e. The van der Waals surface area contributed by atoms with E-state index in [2.05, 4.69) is 29.4 Å². The number of nitrogens with zero attached hydrogens (tertiary/aromatic N) is 1. The number of hydrogen-bond acceptors (Lipinski definition) is 4. The monoisotopic (exact) mass is 248 g/mol. The zero-order valence-electron chi connectivity index (χ0n) is 9.81. The number of rotatable bonds is 5. The van der Waals surface area contributed by atoms with Gasteiger partial charge in [0, 0.05) is 39.9 Å². The van der Waals surface area contributed by atoms with Gasteiger partial charge in [-0.15, -0.1) is 11.3 Å². The molecular formula is C13H16N2OS. The van der Waals surface area contributed by atoms with Crippen LogP contribution in [0.3, 0.4) is 0 Å². The lowest BCUT2D eigenvalue weighted by molar-refractivity contribution is 0.282. The third-order valence-electron chi connectivity index (χ3n) is 2.59. The van der Waals surface area contributed by atoms with Crippen LogP contribution in [0.2, 0.25) is 0 Å². The molecule has 0 atom stereocenters. The standard InChI is InChI=1S/C13H16N2OS/c1-2-11-3-4-12(17-11)8-15-13-5-6-14-7-10(13)9-16/h3-7,16H,2,8-9H2,1H3,(H,14,15). The van der Waals surface area contributed by atoms with Crippen LogP contribution in [0.4, 0.5) is 5.69 Å². The van der Waals surface area contributed by atoms with Crippen LogP contribution in [0.5, 0.6) is 0 Å². The van der Waals surface area contributed by atoms with Gasteiger partial charge in [-0.25, -0.2) is 0 Å². The van der Waals surface area contributed by atoms with Crippen molar-refractivity contribution in [3.8, 4) is 0 Å². The molecule has 0 aliphatic heterocycles.